The minimum atomic E-state index is -0.0998. The molecule has 6 heteroatoms. The molecule has 1 aromatic heterocycles. The zero-order chi connectivity index (χ0) is 16.9. The number of para-hydroxylation sites is 1. The molecule has 2 heterocycles. The van der Waals surface area contributed by atoms with Crippen molar-refractivity contribution in [1.29, 1.82) is 0 Å². The van der Waals surface area contributed by atoms with Gasteiger partial charge in [-0.05, 0) is 31.9 Å². The molecule has 1 aromatic carbocycles. The first-order valence-corrected chi connectivity index (χ1v) is 8.36. The Balaban J connectivity index is 1.61. The molecular weight excluding hydrogens is 304 g/mol. The monoisotopic (exact) mass is 328 g/mol. The Morgan fingerprint density at radius 2 is 2.04 bits per heavy atom. The molecule has 0 aliphatic carbocycles. The molecule has 0 unspecified atom stereocenters. The second-order valence-electron chi connectivity index (χ2n) is 6.18. The number of hydrogen-bond acceptors (Lipinski definition) is 3. The molecule has 1 atom stereocenters. The second-order valence-corrected chi connectivity index (χ2v) is 6.18. The minimum Gasteiger partial charge on any atom is -0.381 e. The Hall–Kier alpha value is -2.34. The maximum Gasteiger partial charge on any atom is 0.317 e. The zero-order valence-electron chi connectivity index (χ0n) is 14.2. The summed E-state index contributed by atoms with van der Waals surface area (Å²) in [6, 6.07) is 10.0. The van der Waals surface area contributed by atoms with Gasteiger partial charge in [0.25, 0.3) is 0 Å². The van der Waals surface area contributed by atoms with Crippen molar-refractivity contribution < 1.29 is 9.53 Å². The second kappa shape index (κ2) is 7.49. The highest BCUT2D eigenvalue weighted by molar-refractivity contribution is 5.74. The Morgan fingerprint density at radius 1 is 1.33 bits per heavy atom. The van der Waals surface area contributed by atoms with Gasteiger partial charge in [-0.3, -0.25) is 0 Å². The maximum absolute atomic E-state index is 12.4. The summed E-state index contributed by atoms with van der Waals surface area (Å²) in [6.45, 7) is 3.42. The Labute approximate surface area is 142 Å². The van der Waals surface area contributed by atoms with Crippen molar-refractivity contribution >= 4 is 6.03 Å². The van der Waals surface area contributed by atoms with Crippen molar-refractivity contribution in [2.45, 2.75) is 31.8 Å². The summed E-state index contributed by atoms with van der Waals surface area (Å²) in [5.41, 5.74) is 1.98. The minimum absolute atomic E-state index is 0.0538. The number of amides is 2. The van der Waals surface area contributed by atoms with Gasteiger partial charge in [0, 0.05) is 38.1 Å². The lowest BCUT2D eigenvalue weighted by molar-refractivity contribution is 0.0522. The number of urea groups is 1. The summed E-state index contributed by atoms with van der Waals surface area (Å²) < 4.78 is 7.18. The van der Waals surface area contributed by atoms with E-state index in [9.17, 15) is 4.79 Å². The van der Waals surface area contributed by atoms with Crippen molar-refractivity contribution in [1.82, 2.24) is 20.0 Å². The Morgan fingerprint density at radius 3 is 2.75 bits per heavy atom. The first-order valence-electron chi connectivity index (χ1n) is 8.36. The van der Waals surface area contributed by atoms with Gasteiger partial charge in [-0.25, -0.2) is 9.48 Å². The molecule has 2 amide bonds. The van der Waals surface area contributed by atoms with Crippen LogP contribution < -0.4 is 5.32 Å². The van der Waals surface area contributed by atoms with Gasteiger partial charge in [0.2, 0.25) is 0 Å². The molecule has 0 saturated carbocycles. The summed E-state index contributed by atoms with van der Waals surface area (Å²) in [7, 11) is 1.85. The van der Waals surface area contributed by atoms with Gasteiger partial charge in [-0.1, -0.05) is 18.2 Å². The topological polar surface area (TPSA) is 59.4 Å². The third kappa shape index (κ3) is 3.76. The van der Waals surface area contributed by atoms with Gasteiger partial charge in [0.05, 0.1) is 17.9 Å². The number of carbonyl (C=O) groups is 1. The molecule has 0 spiro atoms. The van der Waals surface area contributed by atoms with Gasteiger partial charge >= 0.3 is 6.03 Å². The van der Waals surface area contributed by atoms with Crippen LogP contribution in [0.1, 0.15) is 31.4 Å². The standard InChI is InChI=1S/C18H24N4O2/c1-14(20-18(23)21(2)16-8-10-24-11-9-16)15-12-19-22(13-15)17-6-4-3-5-7-17/h3-7,12-14,16H,8-11H2,1-2H3,(H,20,23)/t14-/m0/s1. The number of hydrogen-bond donors (Lipinski definition) is 1. The lowest BCUT2D eigenvalue weighted by Crippen LogP contribution is -2.46. The molecule has 1 fully saturated rings. The molecule has 1 aliphatic heterocycles. The Bertz CT molecular complexity index is 665. The van der Waals surface area contributed by atoms with E-state index in [0.717, 1.165) is 37.3 Å². The lowest BCUT2D eigenvalue weighted by Gasteiger charge is -2.32. The first-order chi connectivity index (χ1) is 11.6. The Kier molecular flexibility index (Phi) is 5.15. The van der Waals surface area contributed by atoms with Gasteiger partial charge in [-0.15, -0.1) is 0 Å². The predicted octanol–water partition coefficient (Wildman–Crippen LogP) is 2.75. The molecule has 1 saturated heterocycles. The smallest absolute Gasteiger partial charge is 0.317 e. The van der Waals surface area contributed by atoms with Crippen LogP contribution in [0.4, 0.5) is 4.79 Å². The fraction of sp³-hybridized carbons (Fsp3) is 0.444. The van der Waals surface area contributed by atoms with E-state index in [4.69, 9.17) is 4.74 Å². The summed E-state index contributed by atoms with van der Waals surface area (Å²) in [4.78, 5) is 14.2. The number of aromatic nitrogens is 2. The molecule has 1 N–H and O–H groups in total. The number of ether oxygens (including phenoxy) is 1. The quantitative estimate of drug-likeness (QED) is 0.939. The molecule has 24 heavy (non-hydrogen) atoms. The number of benzene rings is 1. The van der Waals surface area contributed by atoms with Crippen molar-refractivity contribution in [3.63, 3.8) is 0 Å². The van der Waals surface area contributed by atoms with E-state index in [1.165, 1.54) is 0 Å². The summed E-state index contributed by atoms with van der Waals surface area (Å²) >= 11 is 0. The highest BCUT2D eigenvalue weighted by Crippen LogP contribution is 2.17. The van der Waals surface area contributed by atoms with E-state index < -0.39 is 0 Å². The summed E-state index contributed by atoms with van der Waals surface area (Å²) in [5, 5.41) is 7.44. The molecule has 3 rings (SSSR count). The number of rotatable bonds is 4. The molecule has 0 radical (unpaired) electrons. The number of carbonyl (C=O) groups excluding carboxylic acids is 1. The van der Waals surface area contributed by atoms with Crippen molar-refractivity contribution in [3.8, 4) is 5.69 Å². The first kappa shape index (κ1) is 16.5. The van der Waals surface area contributed by atoms with E-state index in [1.807, 2.05) is 55.2 Å². The van der Waals surface area contributed by atoms with E-state index in [-0.39, 0.29) is 18.1 Å². The van der Waals surface area contributed by atoms with Gasteiger partial charge < -0.3 is 15.0 Å². The molecule has 1 aliphatic rings. The number of nitrogens with one attached hydrogen (secondary N) is 1. The van der Waals surface area contributed by atoms with Gasteiger partial charge in [0.1, 0.15) is 0 Å². The van der Waals surface area contributed by atoms with Crippen molar-refractivity contribution in [2.24, 2.45) is 0 Å². The third-order valence-corrected chi connectivity index (χ3v) is 4.52. The highest BCUT2D eigenvalue weighted by atomic mass is 16.5. The van der Waals surface area contributed by atoms with E-state index in [2.05, 4.69) is 10.4 Å². The van der Waals surface area contributed by atoms with E-state index in [1.54, 1.807) is 11.1 Å². The van der Waals surface area contributed by atoms with Crippen LogP contribution in [0.3, 0.4) is 0 Å². The van der Waals surface area contributed by atoms with Crippen LogP contribution in [0.15, 0.2) is 42.7 Å². The number of nitrogens with zero attached hydrogens (tertiary/aromatic N) is 3. The van der Waals surface area contributed by atoms with E-state index >= 15 is 0 Å². The molecular formula is C18H24N4O2. The summed E-state index contributed by atoms with van der Waals surface area (Å²) in [5.74, 6) is 0. The highest BCUT2D eigenvalue weighted by Gasteiger charge is 2.23. The normalized spacial score (nSPS) is 16.6. The lowest BCUT2D eigenvalue weighted by atomic mass is 10.1. The van der Waals surface area contributed by atoms with Crippen LogP contribution in [-0.2, 0) is 4.74 Å². The predicted molar refractivity (Wildman–Crippen MR) is 92.1 cm³/mol. The third-order valence-electron chi connectivity index (χ3n) is 4.52. The van der Waals surface area contributed by atoms with Crippen LogP contribution in [0.25, 0.3) is 5.69 Å². The molecule has 2 aromatic rings. The molecule has 0 bridgehead atoms. The molecule has 128 valence electrons. The average Bonchev–Trinajstić information content (AvgIpc) is 3.13. The van der Waals surface area contributed by atoms with Crippen LogP contribution in [0.2, 0.25) is 0 Å². The molecule has 6 nitrogen and oxygen atoms in total. The maximum atomic E-state index is 12.4. The SMILES string of the molecule is C[C@H](NC(=O)N(C)C1CCOCC1)c1cnn(-c2ccccc2)c1. The van der Waals surface area contributed by atoms with Crippen LogP contribution in [-0.4, -0.2) is 47.0 Å². The van der Waals surface area contributed by atoms with Crippen LogP contribution in [0.5, 0.6) is 0 Å². The summed E-state index contributed by atoms with van der Waals surface area (Å²) in [6.07, 6.45) is 5.54. The van der Waals surface area contributed by atoms with Crippen LogP contribution >= 0.6 is 0 Å². The fourth-order valence-corrected chi connectivity index (χ4v) is 2.89. The van der Waals surface area contributed by atoms with Crippen molar-refractivity contribution in [2.75, 3.05) is 20.3 Å². The van der Waals surface area contributed by atoms with E-state index in [0.29, 0.717) is 0 Å². The van der Waals surface area contributed by atoms with Gasteiger partial charge in [-0.2, -0.15) is 5.10 Å². The largest absolute Gasteiger partial charge is 0.381 e. The average molecular weight is 328 g/mol. The van der Waals surface area contributed by atoms with Gasteiger partial charge in [0.15, 0.2) is 0 Å². The fourth-order valence-electron chi connectivity index (χ4n) is 2.89. The van der Waals surface area contributed by atoms with Crippen molar-refractivity contribution in [3.05, 3.63) is 48.3 Å². The zero-order valence-corrected chi connectivity index (χ0v) is 14.2. The van der Waals surface area contributed by atoms with Crippen LogP contribution in [0, 0.1) is 0 Å².